The molecule has 0 spiro atoms. The molecule has 2 aromatic carbocycles. The van der Waals surface area contributed by atoms with Gasteiger partial charge in [-0.15, -0.1) is 0 Å². The van der Waals surface area contributed by atoms with Crippen molar-refractivity contribution in [2.75, 3.05) is 6.61 Å². The first kappa shape index (κ1) is 21.8. The highest BCUT2D eigenvalue weighted by atomic mass is 35.5. The van der Waals surface area contributed by atoms with Crippen molar-refractivity contribution in [1.29, 1.82) is 0 Å². The Hall–Kier alpha value is -2.39. The van der Waals surface area contributed by atoms with Gasteiger partial charge in [-0.3, -0.25) is 9.97 Å². The molecule has 1 aliphatic rings. The van der Waals surface area contributed by atoms with Crippen LogP contribution in [0, 0.1) is 0 Å². The molecule has 0 unspecified atom stereocenters. The van der Waals surface area contributed by atoms with E-state index < -0.39 is 37.1 Å². The molecule has 1 saturated heterocycles. The highest BCUT2D eigenvalue weighted by Gasteiger charge is 2.44. The third-order valence-electron chi connectivity index (χ3n) is 5.50. The highest BCUT2D eigenvalue weighted by Crippen LogP contribution is 2.34. The SMILES string of the molecule is OC[C@H]1O[C@@H](c2ccc(Cl)c(Cc3ccc(-c4cnccn4)cc3)c2)[C@H](O)[C@@H](O)[C@@H]1O. The van der Waals surface area contributed by atoms with Crippen LogP contribution in [0.4, 0.5) is 0 Å². The smallest absolute Gasteiger partial charge is 0.113 e. The Morgan fingerprint density at radius 1 is 0.935 bits per heavy atom. The van der Waals surface area contributed by atoms with E-state index in [-0.39, 0.29) is 0 Å². The Morgan fingerprint density at radius 3 is 2.39 bits per heavy atom. The number of aromatic nitrogens is 2. The second-order valence-corrected chi connectivity index (χ2v) is 7.97. The van der Waals surface area contributed by atoms with Gasteiger partial charge in [-0.05, 0) is 29.2 Å². The fraction of sp³-hybridized carbons (Fsp3) is 0.304. The summed E-state index contributed by atoms with van der Waals surface area (Å²) in [6.07, 6.45) is -0.490. The van der Waals surface area contributed by atoms with Crippen LogP contribution in [0.1, 0.15) is 22.8 Å². The van der Waals surface area contributed by atoms with E-state index in [1.165, 1.54) is 0 Å². The normalized spacial score (nSPS) is 26.0. The van der Waals surface area contributed by atoms with Crippen molar-refractivity contribution in [3.05, 3.63) is 82.8 Å². The average Bonchev–Trinajstić information content (AvgIpc) is 2.80. The Balaban J connectivity index is 1.56. The fourth-order valence-electron chi connectivity index (χ4n) is 3.75. The lowest BCUT2D eigenvalue weighted by Gasteiger charge is -2.40. The predicted octanol–water partition coefficient (Wildman–Crippen LogP) is 1.90. The van der Waals surface area contributed by atoms with Gasteiger partial charge in [0.1, 0.15) is 30.5 Å². The third-order valence-corrected chi connectivity index (χ3v) is 5.87. The monoisotopic (exact) mass is 442 g/mol. The minimum Gasteiger partial charge on any atom is -0.394 e. The zero-order valence-electron chi connectivity index (χ0n) is 16.5. The molecule has 4 N–H and O–H groups in total. The van der Waals surface area contributed by atoms with Gasteiger partial charge in [-0.25, -0.2) is 0 Å². The van der Waals surface area contributed by atoms with E-state index in [0.29, 0.717) is 17.0 Å². The maximum Gasteiger partial charge on any atom is 0.113 e. The van der Waals surface area contributed by atoms with E-state index in [0.717, 1.165) is 22.4 Å². The Bertz CT molecular complexity index is 1020. The van der Waals surface area contributed by atoms with Gasteiger partial charge < -0.3 is 25.2 Å². The number of benzene rings is 2. The standard InChI is InChI=1S/C23H23ClN2O5/c24-17-6-5-15(23-22(30)21(29)20(28)19(12-27)31-23)10-16(17)9-13-1-3-14(4-2-13)18-11-25-7-8-26-18/h1-8,10-11,19-23,27-30H,9,12H2/t19-,20-,21+,22-,23+/m1/s1. The van der Waals surface area contributed by atoms with Crippen LogP contribution in [0.3, 0.4) is 0 Å². The molecule has 5 atom stereocenters. The van der Waals surface area contributed by atoms with Gasteiger partial charge in [0.25, 0.3) is 0 Å². The summed E-state index contributed by atoms with van der Waals surface area (Å²) in [6, 6.07) is 13.1. The van der Waals surface area contributed by atoms with Crippen molar-refractivity contribution in [2.45, 2.75) is 36.9 Å². The number of aliphatic hydroxyl groups excluding tert-OH is 4. The number of ether oxygens (including phenoxy) is 1. The van der Waals surface area contributed by atoms with E-state index in [1.807, 2.05) is 30.3 Å². The number of aliphatic hydroxyl groups is 4. The second kappa shape index (κ2) is 9.40. The summed E-state index contributed by atoms with van der Waals surface area (Å²) in [7, 11) is 0. The molecule has 162 valence electrons. The summed E-state index contributed by atoms with van der Waals surface area (Å²) in [5, 5.41) is 40.5. The van der Waals surface area contributed by atoms with E-state index in [9.17, 15) is 20.4 Å². The molecule has 4 rings (SSSR count). The lowest BCUT2D eigenvalue weighted by molar-refractivity contribution is -0.231. The second-order valence-electron chi connectivity index (χ2n) is 7.56. The van der Waals surface area contributed by atoms with E-state index in [4.69, 9.17) is 16.3 Å². The summed E-state index contributed by atoms with van der Waals surface area (Å²) < 4.78 is 5.66. The van der Waals surface area contributed by atoms with E-state index in [2.05, 4.69) is 9.97 Å². The first-order valence-corrected chi connectivity index (χ1v) is 10.3. The molecular weight excluding hydrogens is 420 g/mol. The number of halogens is 1. The molecule has 0 bridgehead atoms. The van der Waals surface area contributed by atoms with Crippen LogP contribution in [-0.2, 0) is 11.2 Å². The summed E-state index contributed by atoms with van der Waals surface area (Å²) in [4.78, 5) is 8.38. The zero-order chi connectivity index (χ0) is 22.0. The molecule has 31 heavy (non-hydrogen) atoms. The van der Waals surface area contributed by atoms with Crippen molar-refractivity contribution >= 4 is 11.6 Å². The Morgan fingerprint density at radius 2 is 1.71 bits per heavy atom. The van der Waals surface area contributed by atoms with Gasteiger partial charge in [0.05, 0.1) is 18.5 Å². The number of nitrogens with zero attached hydrogens (tertiary/aromatic N) is 2. The zero-order valence-corrected chi connectivity index (χ0v) is 17.3. The number of hydrogen-bond acceptors (Lipinski definition) is 7. The lowest BCUT2D eigenvalue weighted by atomic mass is 9.90. The minimum atomic E-state index is -1.43. The molecule has 1 aliphatic heterocycles. The summed E-state index contributed by atoms with van der Waals surface area (Å²) in [5.74, 6) is 0. The maximum absolute atomic E-state index is 10.4. The Labute approximate surface area is 184 Å². The number of hydrogen-bond donors (Lipinski definition) is 4. The van der Waals surface area contributed by atoms with Gasteiger partial charge in [-0.1, -0.05) is 48.0 Å². The molecule has 0 saturated carbocycles. The first-order valence-electron chi connectivity index (χ1n) is 9.92. The quantitative estimate of drug-likeness (QED) is 0.477. The topological polar surface area (TPSA) is 116 Å². The third kappa shape index (κ3) is 4.62. The largest absolute Gasteiger partial charge is 0.394 e. The lowest BCUT2D eigenvalue weighted by Crippen LogP contribution is -2.55. The molecule has 3 aromatic rings. The van der Waals surface area contributed by atoms with Crippen molar-refractivity contribution in [3.8, 4) is 11.3 Å². The number of rotatable bonds is 5. The molecule has 1 aromatic heterocycles. The molecule has 7 nitrogen and oxygen atoms in total. The van der Waals surface area contributed by atoms with Gasteiger partial charge in [0, 0.05) is 23.0 Å². The molecule has 2 heterocycles. The van der Waals surface area contributed by atoms with E-state index in [1.54, 1.807) is 30.7 Å². The van der Waals surface area contributed by atoms with Gasteiger partial charge in [0.15, 0.2) is 0 Å². The molecular formula is C23H23ClN2O5. The average molecular weight is 443 g/mol. The summed E-state index contributed by atoms with van der Waals surface area (Å²) in [5.41, 5.74) is 4.20. The van der Waals surface area contributed by atoms with E-state index >= 15 is 0 Å². The van der Waals surface area contributed by atoms with Crippen LogP contribution in [0.2, 0.25) is 5.02 Å². The summed E-state index contributed by atoms with van der Waals surface area (Å²) in [6.45, 7) is -0.472. The fourth-order valence-corrected chi connectivity index (χ4v) is 3.93. The van der Waals surface area contributed by atoms with Crippen LogP contribution < -0.4 is 0 Å². The molecule has 0 amide bonds. The molecule has 0 radical (unpaired) electrons. The summed E-state index contributed by atoms with van der Waals surface area (Å²) >= 11 is 6.41. The van der Waals surface area contributed by atoms with Crippen molar-refractivity contribution < 1.29 is 25.2 Å². The van der Waals surface area contributed by atoms with Crippen molar-refractivity contribution in [2.24, 2.45) is 0 Å². The molecule has 8 heteroatoms. The van der Waals surface area contributed by atoms with Crippen molar-refractivity contribution in [1.82, 2.24) is 9.97 Å². The van der Waals surface area contributed by atoms with Crippen LogP contribution >= 0.6 is 11.6 Å². The van der Waals surface area contributed by atoms with Crippen LogP contribution in [-0.4, -0.2) is 61.4 Å². The molecule has 1 fully saturated rings. The maximum atomic E-state index is 10.4. The van der Waals surface area contributed by atoms with Gasteiger partial charge in [-0.2, -0.15) is 0 Å². The first-order chi connectivity index (χ1) is 15.0. The van der Waals surface area contributed by atoms with Gasteiger partial charge >= 0.3 is 0 Å². The Kier molecular flexibility index (Phi) is 6.62. The van der Waals surface area contributed by atoms with Gasteiger partial charge in [0.2, 0.25) is 0 Å². The van der Waals surface area contributed by atoms with Crippen molar-refractivity contribution in [3.63, 3.8) is 0 Å². The molecule has 0 aliphatic carbocycles. The highest BCUT2D eigenvalue weighted by molar-refractivity contribution is 6.31. The predicted molar refractivity (Wildman–Crippen MR) is 114 cm³/mol. The van der Waals surface area contributed by atoms with Crippen LogP contribution in [0.15, 0.2) is 61.1 Å². The van der Waals surface area contributed by atoms with Crippen LogP contribution in [0.25, 0.3) is 11.3 Å². The van der Waals surface area contributed by atoms with Crippen LogP contribution in [0.5, 0.6) is 0 Å². The minimum absolute atomic E-state index is 0.472.